The van der Waals surface area contributed by atoms with Gasteiger partial charge >= 0.3 is 5.97 Å². The fourth-order valence-corrected chi connectivity index (χ4v) is 3.16. The molecule has 0 radical (unpaired) electrons. The molecule has 1 fully saturated rings. The van der Waals surface area contributed by atoms with Crippen molar-refractivity contribution in [1.82, 2.24) is 0 Å². The Labute approximate surface area is 169 Å². The Balaban J connectivity index is 1.53. The van der Waals surface area contributed by atoms with Crippen LogP contribution in [-0.2, 0) is 15.9 Å². The lowest BCUT2D eigenvalue weighted by molar-refractivity contribution is -0.197. The number of aliphatic hydroxyl groups is 2. The van der Waals surface area contributed by atoms with Crippen molar-refractivity contribution in [3.63, 3.8) is 0 Å². The molecule has 0 bridgehead atoms. The Bertz CT molecular complexity index is 783. The van der Waals surface area contributed by atoms with E-state index in [1.54, 1.807) is 18.2 Å². The lowest BCUT2D eigenvalue weighted by Crippen LogP contribution is -2.38. The van der Waals surface area contributed by atoms with Crippen LogP contribution in [0.1, 0.15) is 28.8 Å². The van der Waals surface area contributed by atoms with E-state index < -0.39 is 24.5 Å². The minimum Gasteiger partial charge on any atom is -0.493 e. The maximum atomic E-state index is 12.3. The van der Waals surface area contributed by atoms with Crippen molar-refractivity contribution >= 4 is 5.97 Å². The highest BCUT2D eigenvalue weighted by atomic mass is 16.6. The minimum atomic E-state index is -1.05. The third-order valence-electron chi connectivity index (χ3n) is 4.65. The Kier molecular flexibility index (Phi) is 7.46. The van der Waals surface area contributed by atoms with Crippen molar-refractivity contribution in [3.8, 4) is 11.5 Å². The van der Waals surface area contributed by atoms with Crippen LogP contribution in [0.4, 0.5) is 0 Å². The molecule has 29 heavy (non-hydrogen) atoms. The maximum absolute atomic E-state index is 12.3. The highest BCUT2D eigenvalue weighted by molar-refractivity contribution is 5.90. The zero-order valence-electron chi connectivity index (χ0n) is 16.3. The van der Waals surface area contributed by atoms with E-state index in [0.717, 1.165) is 6.42 Å². The number of hydrogen-bond acceptors (Lipinski definition) is 7. The first-order chi connectivity index (χ1) is 14.0. The summed E-state index contributed by atoms with van der Waals surface area (Å²) >= 11 is 0. The van der Waals surface area contributed by atoms with Gasteiger partial charge in [0.25, 0.3) is 0 Å². The van der Waals surface area contributed by atoms with E-state index in [1.807, 2.05) is 30.3 Å². The molecular formula is C22H26O7. The van der Waals surface area contributed by atoms with Gasteiger partial charge in [0.2, 0.25) is 0 Å². The zero-order chi connectivity index (χ0) is 20.6. The van der Waals surface area contributed by atoms with Gasteiger partial charge in [-0.05, 0) is 23.8 Å². The molecule has 1 aliphatic rings. The first-order valence-electron chi connectivity index (χ1n) is 9.58. The Hall–Kier alpha value is -2.61. The third kappa shape index (κ3) is 6.19. The van der Waals surface area contributed by atoms with Gasteiger partial charge in [0.15, 0.2) is 17.8 Å². The van der Waals surface area contributed by atoms with E-state index in [9.17, 15) is 15.0 Å². The molecule has 7 heteroatoms. The van der Waals surface area contributed by atoms with Crippen molar-refractivity contribution in [3.05, 3.63) is 59.7 Å². The summed E-state index contributed by atoms with van der Waals surface area (Å²) in [6, 6.07) is 14.8. The summed E-state index contributed by atoms with van der Waals surface area (Å²) in [6.07, 6.45) is -1.04. The average Bonchev–Trinajstić information content (AvgIpc) is 2.72. The van der Waals surface area contributed by atoms with Crippen LogP contribution in [0.5, 0.6) is 11.5 Å². The van der Waals surface area contributed by atoms with Crippen LogP contribution in [0, 0.1) is 0 Å². The Morgan fingerprint density at radius 1 is 1.10 bits per heavy atom. The summed E-state index contributed by atoms with van der Waals surface area (Å²) < 4.78 is 21.7. The van der Waals surface area contributed by atoms with Crippen LogP contribution in [0.15, 0.2) is 48.5 Å². The predicted octanol–water partition coefficient (Wildman–Crippen LogP) is 2.33. The molecule has 1 saturated heterocycles. The lowest BCUT2D eigenvalue weighted by Gasteiger charge is -2.29. The number of aliphatic hydroxyl groups excluding tert-OH is 2. The number of ether oxygens (including phenoxy) is 4. The van der Waals surface area contributed by atoms with Crippen LogP contribution in [0.25, 0.3) is 0 Å². The van der Waals surface area contributed by atoms with E-state index >= 15 is 0 Å². The van der Waals surface area contributed by atoms with Gasteiger partial charge in [-0.1, -0.05) is 30.3 Å². The number of carbonyl (C=O) groups is 1. The molecule has 0 amide bonds. The van der Waals surface area contributed by atoms with Gasteiger partial charge in [0.1, 0.15) is 6.61 Å². The quantitative estimate of drug-likeness (QED) is 0.655. The normalized spacial score (nSPS) is 21.4. The molecule has 0 saturated carbocycles. The van der Waals surface area contributed by atoms with Gasteiger partial charge in [-0.3, -0.25) is 0 Å². The van der Waals surface area contributed by atoms with Gasteiger partial charge in [0.05, 0.1) is 31.5 Å². The molecule has 2 aromatic rings. The number of rotatable bonds is 8. The molecule has 7 nitrogen and oxygen atoms in total. The van der Waals surface area contributed by atoms with Gasteiger partial charge < -0.3 is 29.2 Å². The molecule has 2 aromatic carbocycles. The predicted molar refractivity (Wildman–Crippen MR) is 105 cm³/mol. The molecule has 3 rings (SSSR count). The van der Waals surface area contributed by atoms with Crippen molar-refractivity contribution in [1.29, 1.82) is 0 Å². The second kappa shape index (κ2) is 10.2. The highest BCUT2D eigenvalue weighted by Gasteiger charge is 2.28. The molecule has 0 spiro atoms. The van der Waals surface area contributed by atoms with Crippen molar-refractivity contribution in [2.45, 2.75) is 37.8 Å². The number of carbonyl (C=O) groups excluding carboxylic acids is 1. The second-order valence-electron chi connectivity index (χ2n) is 6.89. The summed E-state index contributed by atoms with van der Waals surface area (Å²) in [5.41, 5.74) is 1.49. The Morgan fingerprint density at radius 2 is 1.90 bits per heavy atom. The van der Waals surface area contributed by atoms with Crippen LogP contribution >= 0.6 is 0 Å². The molecule has 3 unspecified atom stereocenters. The lowest BCUT2D eigenvalue weighted by atomic mass is 10.1. The topological polar surface area (TPSA) is 94.5 Å². The molecule has 2 N–H and O–H groups in total. The van der Waals surface area contributed by atoms with Crippen molar-refractivity contribution < 1.29 is 34.0 Å². The van der Waals surface area contributed by atoms with Gasteiger partial charge in [0, 0.05) is 19.3 Å². The summed E-state index contributed by atoms with van der Waals surface area (Å²) in [5.74, 6) is 0.436. The average molecular weight is 402 g/mol. The van der Waals surface area contributed by atoms with E-state index in [4.69, 9.17) is 18.9 Å². The smallest absolute Gasteiger partial charge is 0.338 e. The fraction of sp³-hybridized carbons (Fsp3) is 0.409. The van der Waals surface area contributed by atoms with Crippen molar-refractivity contribution in [2.24, 2.45) is 0 Å². The van der Waals surface area contributed by atoms with E-state index in [-0.39, 0.29) is 13.0 Å². The number of benzene rings is 2. The minimum absolute atomic E-state index is 0.0510. The van der Waals surface area contributed by atoms with Crippen LogP contribution in [-0.4, -0.2) is 55.0 Å². The van der Waals surface area contributed by atoms with Crippen molar-refractivity contribution in [2.75, 3.05) is 20.3 Å². The summed E-state index contributed by atoms with van der Waals surface area (Å²) in [4.78, 5) is 12.3. The largest absolute Gasteiger partial charge is 0.493 e. The highest BCUT2D eigenvalue weighted by Crippen LogP contribution is 2.29. The van der Waals surface area contributed by atoms with Gasteiger partial charge in [-0.2, -0.15) is 0 Å². The number of methoxy groups -OCH3 is 1. The molecule has 3 atom stereocenters. The van der Waals surface area contributed by atoms with Crippen LogP contribution in [0.2, 0.25) is 0 Å². The second-order valence-corrected chi connectivity index (χ2v) is 6.89. The molecule has 1 aliphatic heterocycles. The van der Waals surface area contributed by atoms with E-state index in [2.05, 4.69) is 0 Å². The molecule has 0 aromatic heterocycles. The summed E-state index contributed by atoms with van der Waals surface area (Å²) in [5, 5.41) is 19.2. The fourth-order valence-electron chi connectivity index (χ4n) is 3.16. The first kappa shape index (κ1) is 21.1. The molecule has 0 aliphatic carbocycles. The maximum Gasteiger partial charge on any atom is 0.338 e. The van der Waals surface area contributed by atoms with Gasteiger partial charge in [-0.25, -0.2) is 4.79 Å². The molecule has 1 heterocycles. The van der Waals surface area contributed by atoms with Crippen LogP contribution in [0.3, 0.4) is 0 Å². The Morgan fingerprint density at radius 3 is 2.62 bits per heavy atom. The monoisotopic (exact) mass is 402 g/mol. The SMILES string of the molecule is COc1cc(C(=O)OCC2CC(O)CC(O)O2)ccc1OCCc1ccccc1. The van der Waals surface area contributed by atoms with E-state index in [0.29, 0.717) is 30.1 Å². The zero-order valence-corrected chi connectivity index (χ0v) is 16.3. The molecular weight excluding hydrogens is 376 g/mol. The summed E-state index contributed by atoms with van der Waals surface area (Å²) in [7, 11) is 1.51. The van der Waals surface area contributed by atoms with Crippen LogP contribution < -0.4 is 9.47 Å². The third-order valence-corrected chi connectivity index (χ3v) is 4.65. The van der Waals surface area contributed by atoms with Gasteiger partial charge in [-0.15, -0.1) is 0 Å². The standard InChI is InChI=1S/C22H26O7/c1-26-20-11-16(22(25)28-14-18-12-17(23)13-21(24)29-18)7-8-19(20)27-10-9-15-5-3-2-4-6-15/h2-8,11,17-18,21,23-24H,9-10,12-14H2,1H3. The first-order valence-corrected chi connectivity index (χ1v) is 9.58. The van der Waals surface area contributed by atoms with E-state index in [1.165, 1.54) is 12.7 Å². The summed E-state index contributed by atoms with van der Waals surface area (Å²) in [6.45, 7) is 0.429. The number of hydrogen-bond donors (Lipinski definition) is 2. The molecule has 156 valence electrons. The number of esters is 1.